The maximum Gasteiger partial charge on any atom is 0.251 e. The third-order valence-corrected chi connectivity index (χ3v) is 5.58. The molecular weight excluding hydrogens is 366 g/mol. The van der Waals surface area contributed by atoms with E-state index in [4.69, 9.17) is 0 Å². The zero-order valence-corrected chi connectivity index (χ0v) is 17.8. The van der Waals surface area contributed by atoms with Gasteiger partial charge in [-0.05, 0) is 36.5 Å². The minimum absolute atomic E-state index is 0.00730. The lowest BCUT2D eigenvalue weighted by Gasteiger charge is -2.19. The second-order valence-electron chi connectivity index (χ2n) is 7.75. The van der Waals surface area contributed by atoms with Crippen LogP contribution in [0, 0.1) is 0 Å². The molecule has 1 aromatic rings. The zero-order chi connectivity index (χ0) is 20.8. The van der Waals surface area contributed by atoms with Gasteiger partial charge in [-0.2, -0.15) is 0 Å². The Bertz CT molecular complexity index is 752. The molecule has 0 aliphatic carbocycles. The van der Waals surface area contributed by atoms with Gasteiger partial charge < -0.3 is 10.6 Å². The Morgan fingerprint density at radius 2 is 1.70 bits per heavy atom. The lowest BCUT2D eigenvalue weighted by molar-refractivity contribution is -0.122. The first-order chi connectivity index (χ1) is 12.3. The molecule has 1 unspecified atom stereocenters. The summed E-state index contributed by atoms with van der Waals surface area (Å²) in [6.07, 6.45) is 1.63. The maximum absolute atomic E-state index is 12.3. The lowest BCUT2D eigenvalue weighted by atomic mass is 9.86. The van der Waals surface area contributed by atoms with Crippen molar-refractivity contribution in [3.05, 3.63) is 35.4 Å². The van der Waals surface area contributed by atoms with Gasteiger partial charge in [0.2, 0.25) is 15.9 Å². The average Bonchev–Trinajstić information content (AvgIpc) is 2.56. The Balaban J connectivity index is 2.47. The van der Waals surface area contributed by atoms with Crippen LogP contribution in [0.25, 0.3) is 0 Å². The molecule has 7 nitrogen and oxygen atoms in total. The summed E-state index contributed by atoms with van der Waals surface area (Å²) in [6.45, 7) is 8.56. The zero-order valence-electron chi connectivity index (χ0n) is 17.0. The molecule has 1 atom stereocenters. The van der Waals surface area contributed by atoms with Gasteiger partial charge in [0.25, 0.3) is 5.91 Å². The van der Waals surface area contributed by atoms with E-state index in [1.807, 2.05) is 12.1 Å². The monoisotopic (exact) mass is 397 g/mol. The molecule has 0 aromatic heterocycles. The van der Waals surface area contributed by atoms with Crippen LogP contribution in [0.1, 0.15) is 50.0 Å². The SMILES string of the molecule is CC(NC(=O)c1ccc(C(C)(C)C)cc1)C(=O)NCCCN(C)S(C)(=O)=O. The second kappa shape index (κ2) is 9.32. The molecule has 0 bridgehead atoms. The van der Waals surface area contributed by atoms with Crippen molar-refractivity contribution < 1.29 is 18.0 Å². The number of carbonyl (C=O) groups is 2. The van der Waals surface area contributed by atoms with Crippen LogP contribution in [0.15, 0.2) is 24.3 Å². The topological polar surface area (TPSA) is 95.6 Å². The van der Waals surface area contributed by atoms with E-state index in [9.17, 15) is 18.0 Å². The van der Waals surface area contributed by atoms with Gasteiger partial charge in [0, 0.05) is 25.7 Å². The summed E-state index contributed by atoms with van der Waals surface area (Å²) in [7, 11) is -1.72. The van der Waals surface area contributed by atoms with Gasteiger partial charge in [0.05, 0.1) is 6.26 Å². The largest absolute Gasteiger partial charge is 0.354 e. The van der Waals surface area contributed by atoms with Gasteiger partial charge in [-0.25, -0.2) is 12.7 Å². The van der Waals surface area contributed by atoms with Crippen LogP contribution in [0.3, 0.4) is 0 Å². The normalized spacial score (nSPS) is 13.3. The predicted octanol–water partition coefficient (Wildman–Crippen LogP) is 1.50. The van der Waals surface area contributed by atoms with E-state index < -0.39 is 16.1 Å². The summed E-state index contributed by atoms with van der Waals surface area (Å²) in [5.41, 5.74) is 1.63. The van der Waals surface area contributed by atoms with Crippen LogP contribution < -0.4 is 10.6 Å². The molecule has 1 aromatic carbocycles. The van der Waals surface area contributed by atoms with Gasteiger partial charge in [0.1, 0.15) is 6.04 Å². The Hall–Kier alpha value is -1.93. The molecule has 0 aliphatic rings. The molecule has 1 rings (SSSR count). The molecular formula is C19H31N3O4S. The van der Waals surface area contributed by atoms with Crippen molar-refractivity contribution in [2.24, 2.45) is 0 Å². The molecule has 8 heteroatoms. The predicted molar refractivity (Wildman–Crippen MR) is 107 cm³/mol. The van der Waals surface area contributed by atoms with E-state index in [0.29, 0.717) is 25.1 Å². The summed E-state index contributed by atoms with van der Waals surface area (Å²) >= 11 is 0. The van der Waals surface area contributed by atoms with Crippen molar-refractivity contribution in [2.45, 2.75) is 45.6 Å². The van der Waals surface area contributed by atoms with Crippen LogP contribution in [0.2, 0.25) is 0 Å². The fourth-order valence-electron chi connectivity index (χ4n) is 2.30. The standard InChI is InChI=1S/C19H31N3O4S/c1-14(17(23)20-12-7-13-22(5)27(6,25)26)21-18(24)15-8-10-16(11-9-15)19(2,3)4/h8-11,14H,7,12-13H2,1-6H3,(H,20,23)(H,21,24). The summed E-state index contributed by atoms with van der Waals surface area (Å²) in [6, 6.07) is 6.64. The molecule has 0 radical (unpaired) electrons. The smallest absolute Gasteiger partial charge is 0.251 e. The summed E-state index contributed by atoms with van der Waals surface area (Å²) in [5, 5.41) is 5.37. The van der Waals surface area contributed by atoms with E-state index in [1.54, 1.807) is 19.1 Å². The number of nitrogens with zero attached hydrogens (tertiary/aromatic N) is 1. The Morgan fingerprint density at radius 3 is 2.19 bits per heavy atom. The summed E-state index contributed by atoms with van der Waals surface area (Å²) in [4.78, 5) is 24.4. The first-order valence-electron chi connectivity index (χ1n) is 8.93. The maximum atomic E-state index is 12.3. The molecule has 0 saturated carbocycles. The number of benzene rings is 1. The van der Waals surface area contributed by atoms with Gasteiger partial charge >= 0.3 is 0 Å². The van der Waals surface area contributed by atoms with Crippen molar-refractivity contribution in [3.63, 3.8) is 0 Å². The van der Waals surface area contributed by atoms with Gasteiger partial charge in [-0.15, -0.1) is 0 Å². The van der Waals surface area contributed by atoms with Crippen LogP contribution in [-0.4, -0.2) is 57.0 Å². The average molecular weight is 398 g/mol. The third-order valence-electron chi connectivity index (χ3n) is 4.27. The number of hydrogen-bond donors (Lipinski definition) is 2. The quantitative estimate of drug-likeness (QED) is 0.650. The molecule has 2 amide bonds. The Morgan fingerprint density at radius 1 is 1.15 bits per heavy atom. The molecule has 0 heterocycles. The Kier molecular flexibility index (Phi) is 7.98. The molecule has 0 aliphatic heterocycles. The number of nitrogens with one attached hydrogen (secondary N) is 2. The number of hydrogen-bond acceptors (Lipinski definition) is 4. The number of carbonyl (C=O) groups excluding carboxylic acids is 2. The van der Waals surface area contributed by atoms with Crippen molar-refractivity contribution >= 4 is 21.8 Å². The minimum Gasteiger partial charge on any atom is -0.354 e. The lowest BCUT2D eigenvalue weighted by Crippen LogP contribution is -2.45. The van der Waals surface area contributed by atoms with E-state index in [0.717, 1.165) is 11.8 Å². The van der Waals surface area contributed by atoms with Gasteiger partial charge in [0.15, 0.2) is 0 Å². The Labute approximate surface area is 162 Å². The van der Waals surface area contributed by atoms with E-state index in [1.165, 1.54) is 11.4 Å². The molecule has 2 N–H and O–H groups in total. The van der Waals surface area contributed by atoms with Crippen molar-refractivity contribution in [3.8, 4) is 0 Å². The fourth-order valence-corrected chi connectivity index (χ4v) is 2.76. The van der Waals surface area contributed by atoms with Gasteiger partial charge in [-0.3, -0.25) is 9.59 Å². The number of amides is 2. The van der Waals surface area contributed by atoms with Crippen LogP contribution in [0.4, 0.5) is 0 Å². The molecule has 0 saturated heterocycles. The summed E-state index contributed by atoms with van der Waals surface area (Å²) < 4.78 is 23.8. The molecule has 27 heavy (non-hydrogen) atoms. The van der Waals surface area contributed by atoms with Crippen molar-refractivity contribution in [1.82, 2.24) is 14.9 Å². The van der Waals surface area contributed by atoms with Crippen molar-refractivity contribution in [2.75, 3.05) is 26.4 Å². The summed E-state index contributed by atoms with van der Waals surface area (Å²) in [5.74, 6) is -0.619. The first kappa shape index (κ1) is 23.1. The second-order valence-corrected chi connectivity index (χ2v) is 9.84. The number of rotatable bonds is 8. The third kappa shape index (κ3) is 7.68. The highest BCUT2D eigenvalue weighted by Gasteiger charge is 2.18. The van der Waals surface area contributed by atoms with E-state index in [-0.39, 0.29) is 17.2 Å². The number of sulfonamides is 1. The molecule has 0 fully saturated rings. The molecule has 0 spiro atoms. The highest BCUT2D eigenvalue weighted by Crippen LogP contribution is 2.22. The van der Waals surface area contributed by atoms with E-state index in [2.05, 4.69) is 31.4 Å². The van der Waals surface area contributed by atoms with Crippen LogP contribution in [-0.2, 0) is 20.2 Å². The van der Waals surface area contributed by atoms with Crippen LogP contribution in [0.5, 0.6) is 0 Å². The highest BCUT2D eigenvalue weighted by molar-refractivity contribution is 7.88. The van der Waals surface area contributed by atoms with E-state index >= 15 is 0 Å². The van der Waals surface area contributed by atoms with Crippen LogP contribution >= 0.6 is 0 Å². The van der Waals surface area contributed by atoms with Crippen molar-refractivity contribution in [1.29, 1.82) is 0 Å². The van der Waals surface area contributed by atoms with Gasteiger partial charge in [-0.1, -0.05) is 32.9 Å². The molecule has 152 valence electrons. The minimum atomic E-state index is -3.22. The highest BCUT2D eigenvalue weighted by atomic mass is 32.2. The first-order valence-corrected chi connectivity index (χ1v) is 10.8. The fraction of sp³-hybridized carbons (Fsp3) is 0.579.